The van der Waals surface area contributed by atoms with Crippen molar-refractivity contribution in [1.29, 1.82) is 0 Å². The molecule has 86 valence electrons. The van der Waals surface area contributed by atoms with Gasteiger partial charge in [-0.3, -0.25) is 4.79 Å². The molecule has 16 heavy (non-hydrogen) atoms. The van der Waals surface area contributed by atoms with Crippen molar-refractivity contribution in [1.82, 2.24) is 0 Å². The smallest absolute Gasteiger partial charge is 0.232 e. The molecule has 0 bridgehead atoms. The standard InChI is InChI=1S/C12H14FNO2/c1-14(11-4-2-10(13)3-5-11)12(15)9-6-7-16-8-9/h2-5,9H,6-8H2,1H3/t9-/m0/s1. The fraction of sp³-hybridized carbons (Fsp3) is 0.417. The van der Waals surface area contributed by atoms with Gasteiger partial charge in [0.2, 0.25) is 5.91 Å². The van der Waals surface area contributed by atoms with Crippen molar-refractivity contribution in [3.63, 3.8) is 0 Å². The van der Waals surface area contributed by atoms with E-state index in [1.54, 1.807) is 24.1 Å². The predicted molar refractivity (Wildman–Crippen MR) is 58.7 cm³/mol. The van der Waals surface area contributed by atoms with Gasteiger partial charge in [0.1, 0.15) is 5.82 Å². The Morgan fingerprint density at radius 3 is 2.69 bits per heavy atom. The Morgan fingerprint density at radius 2 is 2.12 bits per heavy atom. The Hall–Kier alpha value is -1.42. The van der Waals surface area contributed by atoms with E-state index in [1.165, 1.54) is 12.1 Å². The molecular weight excluding hydrogens is 209 g/mol. The van der Waals surface area contributed by atoms with E-state index < -0.39 is 0 Å². The highest BCUT2D eigenvalue weighted by Crippen LogP contribution is 2.20. The molecule has 2 rings (SSSR count). The molecule has 0 radical (unpaired) electrons. The monoisotopic (exact) mass is 223 g/mol. The third-order valence-corrected chi connectivity index (χ3v) is 2.82. The molecule has 4 heteroatoms. The SMILES string of the molecule is CN(C(=O)[C@H]1CCOC1)c1ccc(F)cc1. The number of hydrogen-bond donors (Lipinski definition) is 0. The molecule has 1 aliphatic rings. The molecule has 1 aromatic rings. The first-order chi connectivity index (χ1) is 7.68. The van der Waals surface area contributed by atoms with Gasteiger partial charge in [0, 0.05) is 19.3 Å². The zero-order valence-corrected chi connectivity index (χ0v) is 9.15. The summed E-state index contributed by atoms with van der Waals surface area (Å²) < 4.78 is 17.9. The second-order valence-corrected chi connectivity index (χ2v) is 3.93. The molecule has 1 fully saturated rings. The topological polar surface area (TPSA) is 29.5 Å². The summed E-state index contributed by atoms with van der Waals surface area (Å²) in [5.74, 6) is -0.326. The van der Waals surface area contributed by atoms with Gasteiger partial charge in [-0.1, -0.05) is 0 Å². The molecule has 3 nitrogen and oxygen atoms in total. The van der Waals surface area contributed by atoms with Crippen molar-refractivity contribution in [2.24, 2.45) is 5.92 Å². The summed E-state index contributed by atoms with van der Waals surface area (Å²) in [6, 6.07) is 5.90. The van der Waals surface area contributed by atoms with Crippen LogP contribution >= 0.6 is 0 Å². The number of amides is 1. The molecule has 0 saturated carbocycles. The Bertz CT molecular complexity index is 371. The van der Waals surface area contributed by atoms with E-state index in [-0.39, 0.29) is 17.6 Å². The van der Waals surface area contributed by atoms with E-state index in [0.29, 0.717) is 18.9 Å². The van der Waals surface area contributed by atoms with Crippen LogP contribution in [0.4, 0.5) is 10.1 Å². The van der Waals surface area contributed by atoms with Gasteiger partial charge in [-0.15, -0.1) is 0 Å². The zero-order chi connectivity index (χ0) is 11.5. The number of rotatable bonds is 2. The third-order valence-electron chi connectivity index (χ3n) is 2.82. The van der Waals surface area contributed by atoms with Crippen LogP contribution in [0.5, 0.6) is 0 Å². The van der Waals surface area contributed by atoms with E-state index >= 15 is 0 Å². The van der Waals surface area contributed by atoms with E-state index in [1.807, 2.05) is 0 Å². The maximum Gasteiger partial charge on any atom is 0.232 e. The number of hydrogen-bond acceptors (Lipinski definition) is 2. The molecule has 1 aliphatic heterocycles. The van der Waals surface area contributed by atoms with Crippen LogP contribution in [-0.4, -0.2) is 26.2 Å². The highest BCUT2D eigenvalue weighted by atomic mass is 19.1. The quantitative estimate of drug-likeness (QED) is 0.765. The van der Waals surface area contributed by atoms with Crippen LogP contribution < -0.4 is 4.90 Å². The van der Waals surface area contributed by atoms with Crippen LogP contribution in [0.25, 0.3) is 0 Å². The average Bonchev–Trinajstić information content (AvgIpc) is 2.81. The summed E-state index contributed by atoms with van der Waals surface area (Å²) in [7, 11) is 1.70. The molecule has 0 aromatic heterocycles. The van der Waals surface area contributed by atoms with Crippen molar-refractivity contribution in [2.45, 2.75) is 6.42 Å². The van der Waals surface area contributed by atoms with Gasteiger partial charge in [0.15, 0.2) is 0 Å². The van der Waals surface area contributed by atoms with Crippen molar-refractivity contribution >= 4 is 11.6 Å². The lowest BCUT2D eigenvalue weighted by Crippen LogP contribution is -2.33. The van der Waals surface area contributed by atoms with Crippen LogP contribution in [0.3, 0.4) is 0 Å². The lowest BCUT2D eigenvalue weighted by Gasteiger charge is -2.20. The first kappa shape index (κ1) is 11.1. The highest BCUT2D eigenvalue weighted by molar-refractivity contribution is 5.94. The van der Waals surface area contributed by atoms with Crippen LogP contribution in [0, 0.1) is 11.7 Å². The van der Waals surface area contributed by atoms with Crippen LogP contribution in [0.1, 0.15) is 6.42 Å². The average molecular weight is 223 g/mol. The number of carbonyl (C=O) groups is 1. The highest BCUT2D eigenvalue weighted by Gasteiger charge is 2.26. The third kappa shape index (κ3) is 2.22. The number of carbonyl (C=O) groups excluding carboxylic acids is 1. The molecule has 0 N–H and O–H groups in total. The fourth-order valence-electron chi connectivity index (χ4n) is 1.80. The molecule has 0 unspecified atom stereocenters. The lowest BCUT2D eigenvalue weighted by atomic mass is 10.1. The van der Waals surface area contributed by atoms with Crippen molar-refractivity contribution in [3.05, 3.63) is 30.1 Å². The molecule has 1 heterocycles. The van der Waals surface area contributed by atoms with Gasteiger partial charge in [-0.25, -0.2) is 4.39 Å². The van der Waals surface area contributed by atoms with E-state index in [4.69, 9.17) is 4.74 Å². The maximum atomic E-state index is 12.7. The number of nitrogens with zero attached hydrogens (tertiary/aromatic N) is 1. The van der Waals surface area contributed by atoms with Crippen molar-refractivity contribution in [3.8, 4) is 0 Å². The lowest BCUT2D eigenvalue weighted by molar-refractivity contribution is -0.122. The van der Waals surface area contributed by atoms with Crippen LogP contribution in [-0.2, 0) is 9.53 Å². The first-order valence-corrected chi connectivity index (χ1v) is 5.29. The van der Waals surface area contributed by atoms with Crippen molar-refractivity contribution in [2.75, 3.05) is 25.2 Å². The van der Waals surface area contributed by atoms with Gasteiger partial charge >= 0.3 is 0 Å². The number of anilines is 1. The van der Waals surface area contributed by atoms with Gasteiger partial charge in [0.05, 0.1) is 12.5 Å². The van der Waals surface area contributed by atoms with Crippen molar-refractivity contribution < 1.29 is 13.9 Å². The summed E-state index contributed by atoms with van der Waals surface area (Å²) in [6.07, 6.45) is 0.768. The molecular formula is C12H14FNO2. The van der Waals surface area contributed by atoms with E-state index in [2.05, 4.69) is 0 Å². The number of halogens is 1. The zero-order valence-electron chi connectivity index (χ0n) is 9.15. The minimum atomic E-state index is -0.297. The summed E-state index contributed by atoms with van der Waals surface area (Å²) in [4.78, 5) is 13.5. The largest absolute Gasteiger partial charge is 0.381 e. The van der Waals surface area contributed by atoms with Gasteiger partial charge in [-0.05, 0) is 30.7 Å². The molecule has 0 spiro atoms. The first-order valence-electron chi connectivity index (χ1n) is 5.29. The normalized spacial score (nSPS) is 19.8. The number of ether oxygens (including phenoxy) is 1. The summed E-state index contributed by atoms with van der Waals surface area (Å²) in [6.45, 7) is 1.14. The minimum absolute atomic E-state index is 0.0316. The van der Waals surface area contributed by atoms with E-state index in [9.17, 15) is 9.18 Å². The van der Waals surface area contributed by atoms with Crippen LogP contribution in [0.15, 0.2) is 24.3 Å². The minimum Gasteiger partial charge on any atom is -0.381 e. The predicted octanol–water partition coefficient (Wildman–Crippen LogP) is 1.82. The van der Waals surface area contributed by atoms with Gasteiger partial charge in [-0.2, -0.15) is 0 Å². The summed E-state index contributed by atoms with van der Waals surface area (Å²) in [5, 5.41) is 0. The second kappa shape index (κ2) is 4.61. The second-order valence-electron chi connectivity index (χ2n) is 3.93. The van der Waals surface area contributed by atoms with Gasteiger partial charge < -0.3 is 9.64 Å². The van der Waals surface area contributed by atoms with Crippen LogP contribution in [0.2, 0.25) is 0 Å². The molecule has 1 atom stereocenters. The van der Waals surface area contributed by atoms with E-state index in [0.717, 1.165) is 6.42 Å². The fourth-order valence-corrected chi connectivity index (χ4v) is 1.80. The number of benzene rings is 1. The Morgan fingerprint density at radius 1 is 1.44 bits per heavy atom. The maximum absolute atomic E-state index is 12.7. The van der Waals surface area contributed by atoms with Gasteiger partial charge in [0.25, 0.3) is 0 Å². The molecule has 0 aliphatic carbocycles. The molecule has 1 aromatic carbocycles. The Kier molecular flexibility index (Phi) is 3.19. The molecule has 1 saturated heterocycles. The summed E-state index contributed by atoms with van der Waals surface area (Å²) >= 11 is 0. The Labute approximate surface area is 93.8 Å². The molecule has 1 amide bonds. The Balaban J connectivity index is 2.08. The summed E-state index contributed by atoms with van der Waals surface area (Å²) in [5.41, 5.74) is 0.707.